The highest BCUT2D eigenvalue weighted by molar-refractivity contribution is 5.40. The molecule has 0 aliphatic heterocycles. The van der Waals surface area contributed by atoms with Crippen molar-refractivity contribution in [1.29, 1.82) is 0 Å². The molecule has 0 amide bonds. The minimum atomic E-state index is 0.417. The lowest BCUT2D eigenvalue weighted by Gasteiger charge is -2.12. The SMILES string of the molecule is COc1cc(CN)cc(Oc2ccnc(N(C)C)n2)c1. The van der Waals surface area contributed by atoms with Crippen LogP contribution in [0.4, 0.5) is 5.95 Å². The Hall–Kier alpha value is -2.34. The summed E-state index contributed by atoms with van der Waals surface area (Å²) in [6, 6.07) is 7.23. The highest BCUT2D eigenvalue weighted by atomic mass is 16.5. The molecule has 0 saturated carbocycles. The quantitative estimate of drug-likeness (QED) is 0.896. The van der Waals surface area contributed by atoms with E-state index in [4.69, 9.17) is 15.2 Å². The van der Waals surface area contributed by atoms with Crippen molar-refractivity contribution in [3.05, 3.63) is 36.0 Å². The molecular formula is C14H18N4O2. The van der Waals surface area contributed by atoms with Gasteiger partial charge < -0.3 is 20.1 Å². The number of hydrogen-bond donors (Lipinski definition) is 1. The average Bonchev–Trinajstić information content (AvgIpc) is 2.47. The third kappa shape index (κ3) is 3.36. The maximum atomic E-state index is 5.74. The monoisotopic (exact) mass is 274 g/mol. The van der Waals surface area contributed by atoms with Crippen molar-refractivity contribution in [2.24, 2.45) is 5.73 Å². The van der Waals surface area contributed by atoms with Crippen LogP contribution in [0.1, 0.15) is 5.56 Å². The third-order valence-electron chi connectivity index (χ3n) is 2.65. The van der Waals surface area contributed by atoms with Crippen molar-refractivity contribution < 1.29 is 9.47 Å². The molecule has 20 heavy (non-hydrogen) atoms. The van der Waals surface area contributed by atoms with Crippen LogP contribution in [0.2, 0.25) is 0 Å². The van der Waals surface area contributed by atoms with Gasteiger partial charge in [-0.25, -0.2) is 4.98 Å². The number of rotatable bonds is 5. The first-order valence-corrected chi connectivity index (χ1v) is 6.18. The molecule has 1 aromatic carbocycles. The van der Waals surface area contributed by atoms with Crippen molar-refractivity contribution in [1.82, 2.24) is 9.97 Å². The van der Waals surface area contributed by atoms with Gasteiger partial charge in [-0.15, -0.1) is 0 Å². The van der Waals surface area contributed by atoms with Gasteiger partial charge in [-0.05, 0) is 17.7 Å². The average molecular weight is 274 g/mol. The number of hydrogen-bond acceptors (Lipinski definition) is 6. The maximum Gasteiger partial charge on any atom is 0.228 e. The Morgan fingerprint density at radius 3 is 2.60 bits per heavy atom. The van der Waals surface area contributed by atoms with E-state index in [2.05, 4.69) is 9.97 Å². The van der Waals surface area contributed by atoms with E-state index in [0.717, 1.165) is 5.56 Å². The van der Waals surface area contributed by atoms with Crippen LogP contribution < -0.4 is 20.1 Å². The van der Waals surface area contributed by atoms with Gasteiger partial charge in [0, 0.05) is 39.0 Å². The van der Waals surface area contributed by atoms with E-state index >= 15 is 0 Å². The first-order valence-electron chi connectivity index (χ1n) is 6.18. The van der Waals surface area contributed by atoms with E-state index in [0.29, 0.717) is 29.9 Å². The lowest BCUT2D eigenvalue weighted by atomic mass is 10.2. The molecule has 2 rings (SSSR count). The van der Waals surface area contributed by atoms with Gasteiger partial charge in [0.15, 0.2) is 0 Å². The lowest BCUT2D eigenvalue weighted by molar-refractivity contribution is 0.406. The van der Waals surface area contributed by atoms with Crippen LogP contribution in [0.3, 0.4) is 0 Å². The number of methoxy groups -OCH3 is 1. The molecule has 0 spiro atoms. The summed E-state index contributed by atoms with van der Waals surface area (Å²) in [5.41, 5.74) is 6.59. The molecule has 2 N–H and O–H groups in total. The molecule has 0 bridgehead atoms. The summed E-state index contributed by atoms with van der Waals surface area (Å²) >= 11 is 0. The summed E-state index contributed by atoms with van der Waals surface area (Å²) in [7, 11) is 5.35. The molecule has 1 heterocycles. The Balaban J connectivity index is 2.27. The van der Waals surface area contributed by atoms with Gasteiger partial charge >= 0.3 is 0 Å². The van der Waals surface area contributed by atoms with Crippen LogP contribution in [-0.4, -0.2) is 31.2 Å². The van der Waals surface area contributed by atoms with E-state index in [1.54, 1.807) is 25.4 Å². The lowest BCUT2D eigenvalue weighted by Crippen LogP contribution is -2.12. The molecule has 1 aromatic heterocycles. The molecule has 2 aromatic rings. The third-order valence-corrected chi connectivity index (χ3v) is 2.65. The number of aromatic nitrogens is 2. The van der Waals surface area contributed by atoms with Gasteiger partial charge in [0.25, 0.3) is 0 Å². The summed E-state index contributed by atoms with van der Waals surface area (Å²) in [5, 5.41) is 0. The summed E-state index contributed by atoms with van der Waals surface area (Å²) in [6.07, 6.45) is 1.65. The Morgan fingerprint density at radius 2 is 1.95 bits per heavy atom. The van der Waals surface area contributed by atoms with Crippen molar-refractivity contribution in [2.45, 2.75) is 6.54 Å². The molecule has 0 aliphatic carbocycles. The number of benzene rings is 1. The summed E-state index contributed by atoms with van der Waals surface area (Å²) in [5.74, 6) is 2.39. The van der Waals surface area contributed by atoms with Crippen molar-refractivity contribution in [3.8, 4) is 17.4 Å². The standard InChI is InChI=1S/C14H18N4O2/c1-18(2)14-16-5-4-13(17-14)20-12-7-10(9-15)6-11(8-12)19-3/h4-8H,9,15H2,1-3H3. The predicted molar refractivity (Wildman–Crippen MR) is 77.3 cm³/mol. The Bertz CT molecular complexity index is 565. The highest BCUT2D eigenvalue weighted by Crippen LogP contribution is 2.26. The summed E-state index contributed by atoms with van der Waals surface area (Å²) < 4.78 is 11.0. The molecule has 0 atom stereocenters. The Morgan fingerprint density at radius 1 is 1.20 bits per heavy atom. The Labute approximate surface area is 118 Å². The first-order chi connectivity index (χ1) is 9.62. The fourth-order valence-corrected chi connectivity index (χ4v) is 1.65. The second-order valence-electron chi connectivity index (χ2n) is 4.41. The zero-order valence-electron chi connectivity index (χ0n) is 11.8. The van der Waals surface area contributed by atoms with E-state index in [1.165, 1.54) is 0 Å². The zero-order chi connectivity index (χ0) is 14.5. The van der Waals surface area contributed by atoms with Gasteiger partial charge in [-0.2, -0.15) is 4.98 Å². The molecule has 0 radical (unpaired) electrons. The largest absolute Gasteiger partial charge is 0.497 e. The molecule has 6 nitrogen and oxygen atoms in total. The van der Waals surface area contributed by atoms with Crippen LogP contribution >= 0.6 is 0 Å². The number of nitrogens with zero attached hydrogens (tertiary/aromatic N) is 3. The zero-order valence-corrected chi connectivity index (χ0v) is 11.8. The maximum absolute atomic E-state index is 5.74. The summed E-state index contributed by atoms with van der Waals surface area (Å²) in [4.78, 5) is 10.2. The molecule has 106 valence electrons. The minimum absolute atomic E-state index is 0.417. The predicted octanol–water partition coefficient (Wildman–Crippen LogP) is 1.80. The fraction of sp³-hybridized carbons (Fsp3) is 0.286. The first kappa shape index (κ1) is 14.1. The van der Waals surface area contributed by atoms with E-state index in [-0.39, 0.29) is 0 Å². The number of anilines is 1. The highest BCUT2D eigenvalue weighted by Gasteiger charge is 2.06. The number of ether oxygens (including phenoxy) is 2. The van der Waals surface area contributed by atoms with Gasteiger partial charge in [0.05, 0.1) is 7.11 Å². The second-order valence-corrected chi connectivity index (χ2v) is 4.41. The minimum Gasteiger partial charge on any atom is -0.497 e. The smallest absolute Gasteiger partial charge is 0.228 e. The summed E-state index contributed by atoms with van der Waals surface area (Å²) in [6.45, 7) is 0.417. The van der Waals surface area contributed by atoms with Gasteiger partial charge in [0.1, 0.15) is 11.5 Å². The molecule has 0 fully saturated rings. The van der Waals surface area contributed by atoms with Gasteiger partial charge in [-0.1, -0.05) is 0 Å². The molecule has 0 saturated heterocycles. The molecule has 0 aliphatic rings. The second kappa shape index (κ2) is 6.21. The van der Waals surface area contributed by atoms with Crippen molar-refractivity contribution >= 4 is 5.95 Å². The van der Waals surface area contributed by atoms with Crippen LogP contribution in [0.15, 0.2) is 30.5 Å². The van der Waals surface area contributed by atoms with E-state index in [1.807, 2.05) is 31.1 Å². The van der Waals surface area contributed by atoms with E-state index in [9.17, 15) is 0 Å². The molecule has 6 heteroatoms. The van der Waals surface area contributed by atoms with Crippen LogP contribution in [0.25, 0.3) is 0 Å². The van der Waals surface area contributed by atoms with Gasteiger partial charge in [0.2, 0.25) is 11.8 Å². The van der Waals surface area contributed by atoms with Crippen molar-refractivity contribution in [2.75, 3.05) is 26.1 Å². The molecular weight excluding hydrogens is 256 g/mol. The van der Waals surface area contributed by atoms with Crippen LogP contribution in [0, 0.1) is 0 Å². The molecule has 0 unspecified atom stereocenters. The van der Waals surface area contributed by atoms with Gasteiger partial charge in [-0.3, -0.25) is 0 Å². The fourth-order valence-electron chi connectivity index (χ4n) is 1.65. The normalized spacial score (nSPS) is 10.2. The Kier molecular flexibility index (Phi) is 4.37. The van der Waals surface area contributed by atoms with Crippen LogP contribution in [0.5, 0.6) is 17.4 Å². The van der Waals surface area contributed by atoms with Crippen molar-refractivity contribution in [3.63, 3.8) is 0 Å². The number of nitrogens with two attached hydrogens (primary N) is 1. The van der Waals surface area contributed by atoms with Crippen LogP contribution in [-0.2, 0) is 6.54 Å². The van der Waals surface area contributed by atoms with E-state index < -0.39 is 0 Å². The topological polar surface area (TPSA) is 73.5 Å².